The lowest BCUT2D eigenvalue weighted by atomic mass is 9.80. The van der Waals surface area contributed by atoms with Crippen molar-refractivity contribution in [2.24, 2.45) is 0 Å². The van der Waals surface area contributed by atoms with Gasteiger partial charge in [-0.05, 0) is 16.7 Å². The molecule has 1 aliphatic heterocycles. The van der Waals surface area contributed by atoms with Crippen molar-refractivity contribution in [3.8, 4) is 0 Å². The lowest BCUT2D eigenvalue weighted by Crippen LogP contribution is -2.35. The predicted molar refractivity (Wildman–Crippen MR) is 142 cm³/mol. The first-order valence-electron chi connectivity index (χ1n) is 12.4. The standard InChI is InChI=1S/C29H27N5O4/c30-28-32-25-24(26(36)33-28)31-18-34(25)27-23(35)16-22(38-27)17-37-29(19-10-4-1-5-11-19,20-12-6-2-7-13-20)21-14-8-3-9-15-21/h1-15,18,22-23,27,35H,16-17H2,(H3,30,32,33,36)/t22-,23+,27+/m0/s1. The fourth-order valence-corrected chi connectivity index (χ4v) is 5.20. The number of nitrogens with one attached hydrogen (secondary N) is 1. The first-order valence-corrected chi connectivity index (χ1v) is 12.4. The van der Waals surface area contributed by atoms with E-state index >= 15 is 0 Å². The van der Waals surface area contributed by atoms with Gasteiger partial charge < -0.3 is 20.3 Å². The first kappa shape index (κ1) is 24.1. The molecule has 0 radical (unpaired) electrons. The summed E-state index contributed by atoms with van der Waals surface area (Å²) in [5.41, 5.74) is 7.72. The van der Waals surface area contributed by atoms with Crippen molar-refractivity contribution in [1.82, 2.24) is 19.5 Å². The fourth-order valence-electron chi connectivity index (χ4n) is 5.20. The van der Waals surface area contributed by atoms with Crippen LogP contribution in [-0.4, -0.2) is 43.4 Å². The highest BCUT2D eigenvalue weighted by molar-refractivity contribution is 5.70. The molecule has 1 saturated heterocycles. The number of aliphatic hydroxyl groups is 1. The number of nitrogens with zero attached hydrogens (tertiary/aromatic N) is 3. The SMILES string of the molecule is Nc1nc2c(ncn2[C@@H]2O[C@H](COC(c3ccccc3)(c3ccccc3)c3ccccc3)C[C@H]2O)c(=O)[nH]1. The van der Waals surface area contributed by atoms with Crippen LogP contribution in [0.2, 0.25) is 0 Å². The minimum atomic E-state index is -0.902. The number of ether oxygens (including phenoxy) is 2. The van der Waals surface area contributed by atoms with Gasteiger partial charge in [0.05, 0.1) is 19.0 Å². The highest BCUT2D eigenvalue weighted by Gasteiger charge is 2.41. The molecule has 9 nitrogen and oxygen atoms in total. The molecule has 3 heterocycles. The molecule has 5 aromatic rings. The highest BCUT2D eigenvalue weighted by Crippen LogP contribution is 2.41. The normalized spacial score (nSPS) is 19.7. The van der Waals surface area contributed by atoms with Gasteiger partial charge in [-0.25, -0.2) is 4.98 Å². The van der Waals surface area contributed by atoms with Crippen molar-refractivity contribution in [2.75, 3.05) is 12.3 Å². The van der Waals surface area contributed by atoms with Gasteiger partial charge in [-0.2, -0.15) is 4.98 Å². The number of rotatable bonds is 7. The Morgan fingerprint density at radius 3 is 2.08 bits per heavy atom. The Labute approximate surface area is 218 Å². The van der Waals surface area contributed by atoms with Crippen LogP contribution in [0.1, 0.15) is 29.3 Å². The molecule has 3 aromatic carbocycles. The lowest BCUT2D eigenvalue weighted by molar-refractivity contribution is -0.0851. The van der Waals surface area contributed by atoms with E-state index in [-0.39, 0.29) is 23.7 Å². The van der Waals surface area contributed by atoms with E-state index in [1.54, 1.807) is 4.57 Å². The number of anilines is 1. The quantitative estimate of drug-likeness (QED) is 0.287. The van der Waals surface area contributed by atoms with Crippen molar-refractivity contribution in [2.45, 2.75) is 30.5 Å². The van der Waals surface area contributed by atoms with Gasteiger partial charge in [0.2, 0.25) is 5.95 Å². The average Bonchev–Trinajstić information content (AvgIpc) is 3.54. The van der Waals surface area contributed by atoms with Gasteiger partial charge in [0, 0.05) is 6.42 Å². The largest absolute Gasteiger partial charge is 0.388 e. The number of nitrogen functional groups attached to an aromatic ring is 1. The molecule has 1 aliphatic rings. The molecule has 38 heavy (non-hydrogen) atoms. The fraction of sp³-hybridized carbons (Fsp3) is 0.207. The third kappa shape index (κ3) is 4.16. The Morgan fingerprint density at radius 1 is 0.974 bits per heavy atom. The number of aliphatic hydroxyl groups excluding tert-OH is 1. The van der Waals surface area contributed by atoms with Crippen LogP contribution in [0, 0.1) is 0 Å². The van der Waals surface area contributed by atoms with Gasteiger partial charge in [-0.1, -0.05) is 91.0 Å². The maximum absolute atomic E-state index is 12.2. The van der Waals surface area contributed by atoms with E-state index < -0.39 is 29.6 Å². The van der Waals surface area contributed by atoms with Gasteiger partial charge in [0.15, 0.2) is 17.4 Å². The second-order valence-electron chi connectivity index (χ2n) is 9.32. The minimum absolute atomic E-state index is 0.0324. The number of aromatic nitrogens is 4. The molecule has 6 rings (SSSR count). The van der Waals surface area contributed by atoms with Crippen molar-refractivity contribution in [1.29, 1.82) is 0 Å². The molecule has 0 spiro atoms. The van der Waals surface area contributed by atoms with Gasteiger partial charge in [0.25, 0.3) is 5.56 Å². The third-order valence-corrected chi connectivity index (χ3v) is 6.92. The van der Waals surface area contributed by atoms with E-state index in [1.807, 2.05) is 54.6 Å². The van der Waals surface area contributed by atoms with E-state index in [0.717, 1.165) is 16.7 Å². The summed E-state index contributed by atoms with van der Waals surface area (Å²) in [5, 5.41) is 10.9. The zero-order chi connectivity index (χ0) is 26.1. The molecule has 4 N–H and O–H groups in total. The van der Waals surface area contributed by atoms with E-state index in [4.69, 9.17) is 15.2 Å². The molecular formula is C29H27N5O4. The predicted octanol–water partition coefficient (Wildman–Crippen LogP) is 3.36. The second kappa shape index (κ2) is 9.86. The topological polar surface area (TPSA) is 128 Å². The molecule has 1 fully saturated rings. The van der Waals surface area contributed by atoms with Crippen molar-refractivity contribution in [3.63, 3.8) is 0 Å². The van der Waals surface area contributed by atoms with Crippen LogP contribution in [0.5, 0.6) is 0 Å². The molecule has 9 heteroatoms. The number of hydrogen-bond donors (Lipinski definition) is 3. The van der Waals surface area contributed by atoms with Crippen LogP contribution in [0.25, 0.3) is 11.2 Å². The Balaban J connectivity index is 1.34. The molecule has 0 amide bonds. The maximum atomic E-state index is 12.2. The number of aromatic amines is 1. The van der Waals surface area contributed by atoms with Crippen molar-refractivity contribution >= 4 is 17.1 Å². The lowest BCUT2D eigenvalue weighted by Gasteiger charge is -2.36. The van der Waals surface area contributed by atoms with Crippen molar-refractivity contribution in [3.05, 3.63) is 124 Å². The first-order chi connectivity index (χ1) is 18.6. The van der Waals surface area contributed by atoms with Gasteiger partial charge in [-0.15, -0.1) is 0 Å². The number of imidazole rings is 1. The second-order valence-corrected chi connectivity index (χ2v) is 9.32. The minimum Gasteiger partial charge on any atom is -0.388 e. The summed E-state index contributed by atoms with van der Waals surface area (Å²) < 4.78 is 14.7. The monoisotopic (exact) mass is 509 g/mol. The maximum Gasteiger partial charge on any atom is 0.280 e. The number of benzene rings is 3. The highest BCUT2D eigenvalue weighted by atomic mass is 16.6. The molecule has 0 unspecified atom stereocenters. The van der Waals surface area contributed by atoms with Crippen LogP contribution in [-0.2, 0) is 15.1 Å². The smallest absolute Gasteiger partial charge is 0.280 e. The third-order valence-electron chi connectivity index (χ3n) is 6.92. The van der Waals surface area contributed by atoms with Gasteiger partial charge >= 0.3 is 0 Å². The average molecular weight is 510 g/mol. The Kier molecular flexibility index (Phi) is 6.24. The Morgan fingerprint density at radius 2 is 1.53 bits per heavy atom. The van der Waals surface area contributed by atoms with Gasteiger partial charge in [-0.3, -0.25) is 14.3 Å². The van der Waals surface area contributed by atoms with Gasteiger partial charge in [0.1, 0.15) is 11.7 Å². The summed E-state index contributed by atoms with van der Waals surface area (Å²) in [7, 11) is 0. The van der Waals surface area contributed by atoms with Crippen LogP contribution < -0.4 is 11.3 Å². The van der Waals surface area contributed by atoms with E-state index in [2.05, 4.69) is 51.4 Å². The molecular weight excluding hydrogens is 482 g/mol. The van der Waals surface area contributed by atoms with Crippen LogP contribution in [0.15, 0.2) is 102 Å². The molecule has 0 bridgehead atoms. The molecule has 3 atom stereocenters. The summed E-state index contributed by atoms with van der Waals surface area (Å²) in [6.45, 7) is 0.203. The molecule has 0 saturated carbocycles. The molecule has 2 aromatic heterocycles. The number of nitrogens with two attached hydrogens (primary N) is 1. The van der Waals surface area contributed by atoms with E-state index in [0.29, 0.717) is 6.42 Å². The summed E-state index contributed by atoms with van der Waals surface area (Å²) >= 11 is 0. The summed E-state index contributed by atoms with van der Waals surface area (Å²) in [4.78, 5) is 23.0. The summed E-state index contributed by atoms with van der Waals surface area (Å²) in [6, 6.07) is 30.2. The molecule has 0 aliphatic carbocycles. The van der Waals surface area contributed by atoms with E-state index in [1.165, 1.54) is 6.33 Å². The van der Waals surface area contributed by atoms with E-state index in [9.17, 15) is 9.90 Å². The molecule has 192 valence electrons. The van der Waals surface area contributed by atoms with Crippen molar-refractivity contribution < 1.29 is 14.6 Å². The number of H-pyrrole nitrogens is 1. The summed E-state index contributed by atoms with van der Waals surface area (Å²) in [5.74, 6) is -0.0324. The summed E-state index contributed by atoms with van der Waals surface area (Å²) in [6.07, 6.45) is -0.310. The van der Waals surface area contributed by atoms with Crippen LogP contribution in [0.3, 0.4) is 0 Å². The zero-order valence-corrected chi connectivity index (χ0v) is 20.5. The van der Waals surface area contributed by atoms with Crippen LogP contribution >= 0.6 is 0 Å². The van der Waals surface area contributed by atoms with Crippen LogP contribution in [0.4, 0.5) is 5.95 Å². The number of hydrogen-bond acceptors (Lipinski definition) is 7. The Hall–Kier alpha value is -4.31. The zero-order valence-electron chi connectivity index (χ0n) is 20.5. The number of fused-ring (bicyclic) bond motifs is 1. The Bertz CT molecular complexity index is 1490.